The van der Waals surface area contributed by atoms with Crippen molar-refractivity contribution in [3.8, 4) is 11.1 Å². The summed E-state index contributed by atoms with van der Waals surface area (Å²) < 4.78 is 5.75. The molecule has 1 aliphatic heterocycles. The smallest absolute Gasteiger partial charge is 0.425 e. The first-order valence-corrected chi connectivity index (χ1v) is 18.5. The van der Waals surface area contributed by atoms with Crippen molar-refractivity contribution in [2.24, 2.45) is 11.5 Å². The summed E-state index contributed by atoms with van der Waals surface area (Å²) in [7, 11) is -2.00. The third-order valence-electron chi connectivity index (χ3n) is 9.04. The van der Waals surface area contributed by atoms with Gasteiger partial charge in [-0.15, -0.1) is 0 Å². The number of hydrogen-bond donors (Lipinski definition) is 9. The van der Waals surface area contributed by atoms with E-state index in [9.17, 15) is 34.0 Å². The van der Waals surface area contributed by atoms with Crippen LogP contribution in [-0.4, -0.2) is 96.7 Å². The number of benzene rings is 2. The second-order valence-corrected chi connectivity index (χ2v) is 13.4. The van der Waals surface area contributed by atoms with Crippen LogP contribution in [0.4, 0.5) is 0 Å². The molecular formula is C37H56BN7O8. The molecule has 2 aromatic carbocycles. The molecule has 11 N–H and O–H groups in total. The lowest BCUT2D eigenvalue weighted by Crippen LogP contribution is -2.60. The number of unbranched alkanes of at least 4 members (excludes halogenated alkanes) is 2. The van der Waals surface area contributed by atoms with Crippen LogP contribution in [-0.2, 0) is 30.3 Å². The van der Waals surface area contributed by atoms with Gasteiger partial charge in [0.15, 0.2) is 0 Å². The molecule has 0 spiro atoms. The van der Waals surface area contributed by atoms with Crippen molar-refractivity contribution in [2.75, 3.05) is 19.8 Å². The number of hydrogen-bond acceptors (Lipinski definition) is 10. The lowest BCUT2D eigenvalue weighted by molar-refractivity contribution is -0.135. The lowest BCUT2D eigenvalue weighted by atomic mass is 9.86. The highest BCUT2D eigenvalue weighted by Gasteiger charge is 2.31. The molecule has 1 saturated heterocycles. The van der Waals surface area contributed by atoms with Gasteiger partial charge in [-0.05, 0) is 87.2 Å². The van der Waals surface area contributed by atoms with Crippen molar-refractivity contribution in [3.63, 3.8) is 0 Å². The van der Waals surface area contributed by atoms with Gasteiger partial charge in [-0.25, -0.2) is 0 Å². The monoisotopic (exact) mass is 737 g/mol. The number of nitrogens with one attached hydrogen (secondary N) is 5. The van der Waals surface area contributed by atoms with E-state index in [2.05, 4.69) is 57.8 Å². The Morgan fingerprint density at radius 1 is 0.925 bits per heavy atom. The topological polar surface area (TPSA) is 247 Å². The summed E-state index contributed by atoms with van der Waals surface area (Å²) in [6, 6.07) is 9.64. The van der Waals surface area contributed by atoms with Crippen LogP contribution in [0, 0.1) is 0 Å². The molecule has 5 atom stereocenters. The minimum Gasteiger partial charge on any atom is -0.425 e. The van der Waals surface area contributed by atoms with Gasteiger partial charge in [0.25, 0.3) is 5.91 Å². The molecule has 0 saturated carbocycles. The quantitative estimate of drug-likeness (QED) is 0.0692. The average Bonchev–Trinajstić information content (AvgIpc) is 3.14. The number of carbonyl (C=O) groups is 5. The Hall–Kier alpha value is -4.35. The van der Waals surface area contributed by atoms with Gasteiger partial charge in [0, 0.05) is 12.2 Å². The number of amides is 5. The van der Waals surface area contributed by atoms with E-state index in [1.165, 1.54) is 12.5 Å². The van der Waals surface area contributed by atoms with E-state index < -0.39 is 66.9 Å². The van der Waals surface area contributed by atoms with E-state index in [1.807, 2.05) is 12.1 Å². The first kappa shape index (κ1) is 43.1. The first-order chi connectivity index (χ1) is 25.4. The standard InChI is InChI=1S/C37H56BN7O8/c1-3-4-10-25-13-15-26(16-14-25)27-17-19-28(20-18-27)33(47)43-29(12-7-8-21-39)34(48)44-31-23-53-22-9-5-6-11-30(35(49)45-37(40)38(51)52)42-32(46)24(2)41-36(31)50/h13-20,24,29-31,37,51-52H,3-12,21-23,39-40H2,1-2H3,(H,41,50)(H,42,46)(H,43,47)(H,44,48)(H,45,49)/t24-,29-,30-,31-,37+/m0/s1. The van der Waals surface area contributed by atoms with Crippen molar-refractivity contribution in [1.82, 2.24) is 26.6 Å². The second-order valence-electron chi connectivity index (χ2n) is 13.4. The van der Waals surface area contributed by atoms with Crippen LogP contribution in [0.3, 0.4) is 0 Å². The predicted molar refractivity (Wildman–Crippen MR) is 202 cm³/mol. The van der Waals surface area contributed by atoms with Gasteiger partial charge in [-0.2, -0.15) is 0 Å². The highest BCUT2D eigenvalue weighted by Crippen LogP contribution is 2.21. The van der Waals surface area contributed by atoms with Crippen molar-refractivity contribution in [1.29, 1.82) is 0 Å². The van der Waals surface area contributed by atoms with Crippen LogP contribution in [0.15, 0.2) is 48.5 Å². The predicted octanol–water partition coefficient (Wildman–Crippen LogP) is 0.402. The minimum absolute atomic E-state index is 0.178. The van der Waals surface area contributed by atoms with Crippen molar-refractivity contribution >= 4 is 36.7 Å². The van der Waals surface area contributed by atoms with E-state index in [-0.39, 0.29) is 26.1 Å². The highest BCUT2D eigenvalue weighted by atomic mass is 16.5. The molecule has 1 fully saturated rings. The van der Waals surface area contributed by atoms with E-state index in [4.69, 9.17) is 16.2 Å². The number of carbonyl (C=O) groups excluding carboxylic acids is 5. The molecule has 0 radical (unpaired) electrons. The number of nitrogens with two attached hydrogens (primary N) is 2. The number of rotatable bonds is 15. The number of aryl methyl sites for hydroxylation is 1. The van der Waals surface area contributed by atoms with Gasteiger partial charge in [-0.3, -0.25) is 24.0 Å². The Bertz CT molecular complexity index is 1480. The lowest BCUT2D eigenvalue weighted by Gasteiger charge is -2.26. The van der Waals surface area contributed by atoms with Crippen molar-refractivity contribution in [3.05, 3.63) is 59.7 Å². The zero-order valence-corrected chi connectivity index (χ0v) is 30.8. The molecule has 3 rings (SSSR count). The summed E-state index contributed by atoms with van der Waals surface area (Å²) >= 11 is 0. The Morgan fingerprint density at radius 3 is 2.25 bits per heavy atom. The van der Waals surface area contributed by atoms with E-state index in [0.29, 0.717) is 44.2 Å². The minimum atomic E-state index is -2.00. The molecule has 0 aliphatic carbocycles. The highest BCUT2D eigenvalue weighted by molar-refractivity contribution is 6.43. The van der Waals surface area contributed by atoms with Crippen molar-refractivity contribution in [2.45, 2.75) is 108 Å². The zero-order valence-electron chi connectivity index (χ0n) is 30.8. The zero-order chi connectivity index (χ0) is 38.8. The fourth-order valence-electron chi connectivity index (χ4n) is 5.73. The molecule has 2 aromatic rings. The average molecular weight is 738 g/mol. The molecule has 1 aliphatic rings. The van der Waals surface area contributed by atoms with Gasteiger partial charge < -0.3 is 52.8 Å². The first-order valence-electron chi connectivity index (χ1n) is 18.5. The molecule has 15 nitrogen and oxygen atoms in total. The maximum Gasteiger partial charge on any atom is 0.490 e. The third kappa shape index (κ3) is 14.5. The fourth-order valence-corrected chi connectivity index (χ4v) is 5.73. The summed E-state index contributed by atoms with van der Waals surface area (Å²) in [5, 5.41) is 31.4. The van der Waals surface area contributed by atoms with Crippen LogP contribution in [0.5, 0.6) is 0 Å². The Balaban J connectivity index is 1.69. The molecule has 1 heterocycles. The molecule has 0 unspecified atom stereocenters. The normalized spacial score (nSPS) is 19.8. The van der Waals surface area contributed by atoms with E-state index in [0.717, 1.165) is 30.4 Å². The summed E-state index contributed by atoms with van der Waals surface area (Å²) in [6.07, 6.45) is 6.68. The number of ether oxygens (including phenoxy) is 1. The SMILES string of the molecule is CCCCc1ccc(-c2ccc(C(=O)N[C@@H](CCCCN)C(=O)N[C@H]3COCCCCC[C@@H](C(=O)N[C@@H](N)B(O)O)NC(=O)[C@H](C)NC3=O)cc2)cc1. The largest absolute Gasteiger partial charge is 0.490 e. The summed E-state index contributed by atoms with van der Waals surface area (Å²) in [4.78, 5) is 66.2. The molecule has 53 heavy (non-hydrogen) atoms. The van der Waals surface area contributed by atoms with Crippen molar-refractivity contribution < 1.29 is 38.8 Å². The molecular weight excluding hydrogens is 681 g/mol. The van der Waals surface area contributed by atoms with Crippen LogP contribution in [0.2, 0.25) is 0 Å². The van der Waals surface area contributed by atoms with Gasteiger partial charge in [0.2, 0.25) is 23.6 Å². The van der Waals surface area contributed by atoms with E-state index >= 15 is 0 Å². The second kappa shape index (κ2) is 22.7. The van der Waals surface area contributed by atoms with Crippen LogP contribution in [0.1, 0.15) is 87.6 Å². The van der Waals surface area contributed by atoms with Gasteiger partial charge in [0.1, 0.15) is 30.2 Å². The third-order valence-corrected chi connectivity index (χ3v) is 9.04. The van der Waals surface area contributed by atoms with Crippen LogP contribution >= 0.6 is 0 Å². The summed E-state index contributed by atoms with van der Waals surface area (Å²) in [5.74, 6) is -3.15. The van der Waals surface area contributed by atoms with Crippen LogP contribution in [0.25, 0.3) is 11.1 Å². The molecule has 0 bridgehead atoms. The summed E-state index contributed by atoms with van der Waals surface area (Å²) in [6.45, 7) is 4.07. The molecule has 5 amide bonds. The Labute approximate surface area is 311 Å². The van der Waals surface area contributed by atoms with Crippen LogP contribution < -0.4 is 38.1 Å². The molecule has 0 aromatic heterocycles. The molecule has 16 heteroatoms. The Kier molecular flexibility index (Phi) is 18.4. The van der Waals surface area contributed by atoms with Gasteiger partial charge in [0.05, 0.1) is 6.61 Å². The van der Waals surface area contributed by atoms with Gasteiger partial charge >= 0.3 is 7.12 Å². The van der Waals surface area contributed by atoms with E-state index in [1.54, 1.807) is 12.1 Å². The molecule has 290 valence electrons. The maximum atomic E-state index is 13.7. The summed E-state index contributed by atoms with van der Waals surface area (Å²) in [5.41, 5.74) is 14.9. The maximum absolute atomic E-state index is 13.7. The Morgan fingerprint density at radius 2 is 1.60 bits per heavy atom. The fraction of sp³-hybridized carbons (Fsp3) is 0.541. The van der Waals surface area contributed by atoms with Gasteiger partial charge in [-0.1, -0.05) is 62.6 Å².